The lowest BCUT2D eigenvalue weighted by Gasteiger charge is -2.15. The Morgan fingerprint density at radius 3 is 3.00 bits per heavy atom. The zero-order chi connectivity index (χ0) is 9.26. The average Bonchev–Trinajstić information content (AvgIpc) is 2.71. The van der Waals surface area contributed by atoms with E-state index in [0.29, 0.717) is 11.8 Å². The quantitative estimate of drug-likeness (QED) is 0.787. The molecular weight excluding hydrogens is 182 g/mol. The fourth-order valence-electron chi connectivity index (χ4n) is 2.09. The molecule has 1 aromatic rings. The first kappa shape index (κ1) is 9.16. The standard InChI is InChI=1S/C10H15NOS/c1-7-8(2-3-9(7)12)6-10-11-4-5-13-10/h4-5,7-9,12H,2-3,6H2,1H3. The molecule has 0 radical (unpaired) electrons. The van der Waals surface area contributed by atoms with E-state index in [9.17, 15) is 5.11 Å². The van der Waals surface area contributed by atoms with E-state index in [1.807, 2.05) is 11.6 Å². The SMILES string of the molecule is CC1C(O)CCC1Cc1nccs1. The monoisotopic (exact) mass is 197 g/mol. The molecule has 1 fully saturated rings. The fourth-order valence-corrected chi connectivity index (χ4v) is 2.80. The molecule has 72 valence electrons. The normalized spacial score (nSPS) is 33.8. The topological polar surface area (TPSA) is 33.1 Å². The van der Waals surface area contributed by atoms with Crippen molar-refractivity contribution in [3.63, 3.8) is 0 Å². The highest BCUT2D eigenvalue weighted by atomic mass is 32.1. The van der Waals surface area contributed by atoms with Crippen molar-refractivity contribution in [1.29, 1.82) is 0 Å². The zero-order valence-electron chi connectivity index (χ0n) is 7.81. The molecule has 1 N–H and O–H groups in total. The molecule has 3 unspecified atom stereocenters. The predicted molar refractivity (Wildman–Crippen MR) is 53.7 cm³/mol. The van der Waals surface area contributed by atoms with Crippen LogP contribution in [0.15, 0.2) is 11.6 Å². The molecule has 0 bridgehead atoms. The highest BCUT2D eigenvalue weighted by Crippen LogP contribution is 2.34. The van der Waals surface area contributed by atoms with Crippen LogP contribution < -0.4 is 0 Å². The molecule has 1 aromatic heterocycles. The highest BCUT2D eigenvalue weighted by Gasteiger charge is 2.31. The van der Waals surface area contributed by atoms with Crippen molar-refractivity contribution in [2.45, 2.75) is 32.3 Å². The van der Waals surface area contributed by atoms with Crippen LogP contribution in [0.5, 0.6) is 0 Å². The Labute approximate surface area is 82.6 Å². The molecule has 1 aliphatic carbocycles. The first-order chi connectivity index (χ1) is 6.27. The summed E-state index contributed by atoms with van der Waals surface area (Å²) in [5.41, 5.74) is 0. The van der Waals surface area contributed by atoms with E-state index in [1.54, 1.807) is 11.3 Å². The van der Waals surface area contributed by atoms with Crippen LogP contribution >= 0.6 is 11.3 Å². The average molecular weight is 197 g/mol. The molecule has 3 heteroatoms. The molecule has 0 aromatic carbocycles. The van der Waals surface area contributed by atoms with E-state index in [-0.39, 0.29) is 6.10 Å². The summed E-state index contributed by atoms with van der Waals surface area (Å²) < 4.78 is 0. The van der Waals surface area contributed by atoms with Crippen LogP contribution in [0.25, 0.3) is 0 Å². The van der Waals surface area contributed by atoms with Gasteiger partial charge < -0.3 is 5.11 Å². The van der Waals surface area contributed by atoms with Crippen LogP contribution in [0.2, 0.25) is 0 Å². The van der Waals surface area contributed by atoms with Gasteiger partial charge in [0, 0.05) is 18.0 Å². The molecular formula is C10H15NOS. The number of hydrogen-bond acceptors (Lipinski definition) is 3. The summed E-state index contributed by atoms with van der Waals surface area (Å²) in [6.45, 7) is 2.15. The maximum absolute atomic E-state index is 9.58. The lowest BCUT2D eigenvalue weighted by atomic mass is 9.94. The Bertz CT molecular complexity index is 260. The molecule has 0 aliphatic heterocycles. The zero-order valence-corrected chi connectivity index (χ0v) is 8.63. The van der Waals surface area contributed by atoms with E-state index < -0.39 is 0 Å². The minimum absolute atomic E-state index is 0.0787. The number of aliphatic hydroxyl groups excluding tert-OH is 1. The minimum atomic E-state index is -0.0787. The molecule has 1 aliphatic rings. The highest BCUT2D eigenvalue weighted by molar-refractivity contribution is 7.09. The second kappa shape index (κ2) is 3.76. The summed E-state index contributed by atoms with van der Waals surface area (Å²) in [6.07, 6.45) is 4.95. The van der Waals surface area contributed by atoms with E-state index in [4.69, 9.17) is 0 Å². The van der Waals surface area contributed by atoms with Crippen LogP contribution in [0.4, 0.5) is 0 Å². The van der Waals surface area contributed by atoms with Crippen molar-refractivity contribution < 1.29 is 5.11 Å². The van der Waals surface area contributed by atoms with Crippen molar-refractivity contribution in [2.24, 2.45) is 11.8 Å². The van der Waals surface area contributed by atoms with Crippen molar-refractivity contribution in [2.75, 3.05) is 0 Å². The molecule has 0 saturated heterocycles. The summed E-state index contributed by atoms with van der Waals surface area (Å²) in [4.78, 5) is 4.28. The first-order valence-corrected chi connectivity index (χ1v) is 5.72. The number of rotatable bonds is 2. The van der Waals surface area contributed by atoms with Gasteiger partial charge >= 0.3 is 0 Å². The second-order valence-electron chi connectivity index (χ2n) is 3.89. The predicted octanol–water partition coefficient (Wildman–Crippen LogP) is 2.09. The Balaban J connectivity index is 1.96. The van der Waals surface area contributed by atoms with Crippen molar-refractivity contribution in [1.82, 2.24) is 4.98 Å². The molecule has 3 atom stereocenters. The van der Waals surface area contributed by atoms with E-state index in [2.05, 4.69) is 11.9 Å². The molecule has 1 heterocycles. The Kier molecular flexibility index (Phi) is 2.65. The maximum atomic E-state index is 9.58. The van der Waals surface area contributed by atoms with Gasteiger partial charge in [-0.1, -0.05) is 6.92 Å². The number of nitrogens with zero attached hydrogens (tertiary/aromatic N) is 1. The van der Waals surface area contributed by atoms with Gasteiger partial charge in [0.15, 0.2) is 0 Å². The van der Waals surface area contributed by atoms with Crippen LogP contribution in [-0.4, -0.2) is 16.2 Å². The van der Waals surface area contributed by atoms with Crippen molar-refractivity contribution >= 4 is 11.3 Å². The van der Waals surface area contributed by atoms with Crippen molar-refractivity contribution in [3.05, 3.63) is 16.6 Å². The summed E-state index contributed by atoms with van der Waals surface area (Å²) in [5.74, 6) is 1.09. The number of hydrogen-bond donors (Lipinski definition) is 1. The molecule has 13 heavy (non-hydrogen) atoms. The molecule has 1 saturated carbocycles. The number of aromatic nitrogens is 1. The van der Waals surface area contributed by atoms with Crippen LogP contribution in [-0.2, 0) is 6.42 Å². The summed E-state index contributed by atoms with van der Waals surface area (Å²) in [5, 5.41) is 12.8. The fraction of sp³-hybridized carbons (Fsp3) is 0.700. The summed E-state index contributed by atoms with van der Waals surface area (Å²) in [7, 11) is 0. The maximum Gasteiger partial charge on any atom is 0.0927 e. The van der Waals surface area contributed by atoms with Gasteiger partial charge in [0.1, 0.15) is 0 Å². The van der Waals surface area contributed by atoms with E-state index in [1.165, 1.54) is 5.01 Å². The Morgan fingerprint density at radius 2 is 2.46 bits per heavy atom. The van der Waals surface area contributed by atoms with E-state index in [0.717, 1.165) is 19.3 Å². The van der Waals surface area contributed by atoms with Gasteiger partial charge in [-0.15, -0.1) is 11.3 Å². The smallest absolute Gasteiger partial charge is 0.0927 e. The van der Waals surface area contributed by atoms with E-state index >= 15 is 0 Å². The van der Waals surface area contributed by atoms with Gasteiger partial charge in [0.05, 0.1) is 11.1 Å². The molecule has 0 spiro atoms. The largest absolute Gasteiger partial charge is 0.393 e. The summed E-state index contributed by atoms with van der Waals surface area (Å²) in [6, 6.07) is 0. The Hall–Kier alpha value is -0.410. The van der Waals surface area contributed by atoms with Crippen LogP contribution in [0.1, 0.15) is 24.8 Å². The lowest BCUT2D eigenvalue weighted by molar-refractivity contribution is 0.127. The van der Waals surface area contributed by atoms with Crippen molar-refractivity contribution in [3.8, 4) is 0 Å². The third-order valence-corrected chi connectivity index (χ3v) is 3.91. The summed E-state index contributed by atoms with van der Waals surface area (Å²) >= 11 is 1.72. The first-order valence-electron chi connectivity index (χ1n) is 4.84. The Morgan fingerprint density at radius 1 is 1.62 bits per heavy atom. The molecule has 0 amide bonds. The third kappa shape index (κ3) is 1.92. The molecule has 2 rings (SSSR count). The number of thiazole rings is 1. The lowest BCUT2D eigenvalue weighted by Crippen LogP contribution is -2.16. The second-order valence-corrected chi connectivity index (χ2v) is 4.87. The van der Waals surface area contributed by atoms with Crippen LogP contribution in [0.3, 0.4) is 0 Å². The van der Waals surface area contributed by atoms with Gasteiger partial charge in [-0.2, -0.15) is 0 Å². The van der Waals surface area contributed by atoms with Gasteiger partial charge in [0.2, 0.25) is 0 Å². The molecule has 2 nitrogen and oxygen atoms in total. The van der Waals surface area contributed by atoms with Gasteiger partial charge in [-0.25, -0.2) is 4.98 Å². The van der Waals surface area contributed by atoms with Gasteiger partial charge in [-0.3, -0.25) is 0 Å². The van der Waals surface area contributed by atoms with Crippen LogP contribution in [0, 0.1) is 11.8 Å². The third-order valence-electron chi connectivity index (χ3n) is 3.10. The van der Waals surface area contributed by atoms with Gasteiger partial charge in [-0.05, 0) is 24.7 Å². The minimum Gasteiger partial charge on any atom is -0.393 e. The number of aliphatic hydroxyl groups is 1. The van der Waals surface area contributed by atoms with Gasteiger partial charge in [0.25, 0.3) is 0 Å².